The van der Waals surface area contributed by atoms with Crippen LogP contribution in [-0.2, 0) is 4.79 Å². The van der Waals surface area contributed by atoms with Crippen molar-refractivity contribution >= 4 is 11.6 Å². The molecular weight excluding hydrogens is 240 g/mol. The summed E-state index contributed by atoms with van der Waals surface area (Å²) in [7, 11) is 0. The van der Waals surface area contributed by atoms with Crippen LogP contribution in [0.4, 0.5) is 5.69 Å². The second-order valence-corrected chi connectivity index (χ2v) is 4.90. The Labute approximate surface area is 114 Å². The highest BCUT2D eigenvalue weighted by molar-refractivity contribution is 5.97. The lowest BCUT2D eigenvalue weighted by atomic mass is 9.95. The van der Waals surface area contributed by atoms with E-state index in [-0.39, 0.29) is 17.6 Å². The molecule has 4 nitrogen and oxygen atoms in total. The number of benzene rings is 1. The highest BCUT2D eigenvalue weighted by atomic mass is 16.3. The van der Waals surface area contributed by atoms with E-state index in [1.165, 1.54) is 0 Å². The Balaban J connectivity index is 3.17. The number of aromatic hydroxyl groups is 1. The van der Waals surface area contributed by atoms with Crippen molar-refractivity contribution in [3.8, 4) is 11.8 Å². The number of hydrogen-bond donors (Lipinski definition) is 1. The molecule has 1 unspecified atom stereocenters. The number of carbonyl (C=O) groups excluding carboxylic acids is 1. The zero-order valence-corrected chi connectivity index (χ0v) is 11.8. The standard InChI is InChI=1S/C15H20N2O2/c1-5-17(15(19)13(9-16)10(2)3)14-8-12(18)7-6-11(14)4/h6-8,10,13,18H,5H2,1-4H3. The van der Waals surface area contributed by atoms with Gasteiger partial charge in [0, 0.05) is 12.6 Å². The van der Waals surface area contributed by atoms with Gasteiger partial charge in [-0.05, 0) is 31.4 Å². The quantitative estimate of drug-likeness (QED) is 0.905. The molecule has 0 saturated heterocycles. The number of hydrogen-bond acceptors (Lipinski definition) is 3. The number of carbonyl (C=O) groups is 1. The summed E-state index contributed by atoms with van der Waals surface area (Å²) in [4.78, 5) is 14.0. The summed E-state index contributed by atoms with van der Waals surface area (Å²) in [6.45, 7) is 7.91. The number of rotatable bonds is 4. The van der Waals surface area contributed by atoms with Crippen LogP contribution in [0, 0.1) is 30.1 Å². The number of aryl methyl sites for hydroxylation is 1. The van der Waals surface area contributed by atoms with Crippen LogP contribution in [0.25, 0.3) is 0 Å². The van der Waals surface area contributed by atoms with Crippen molar-refractivity contribution in [1.29, 1.82) is 5.26 Å². The van der Waals surface area contributed by atoms with Gasteiger partial charge in [0.25, 0.3) is 0 Å². The first-order valence-electron chi connectivity index (χ1n) is 6.43. The molecule has 0 fully saturated rings. The average Bonchev–Trinajstić information content (AvgIpc) is 2.35. The molecule has 19 heavy (non-hydrogen) atoms. The smallest absolute Gasteiger partial charge is 0.244 e. The molecular formula is C15H20N2O2. The van der Waals surface area contributed by atoms with E-state index >= 15 is 0 Å². The normalized spacial score (nSPS) is 12.0. The first-order chi connectivity index (χ1) is 8.92. The maximum Gasteiger partial charge on any atom is 0.244 e. The van der Waals surface area contributed by atoms with E-state index in [9.17, 15) is 9.90 Å². The topological polar surface area (TPSA) is 64.3 Å². The Bertz CT molecular complexity index is 503. The van der Waals surface area contributed by atoms with Crippen LogP contribution in [0.1, 0.15) is 26.3 Å². The van der Waals surface area contributed by atoms with Gasteiger partial charge in [-0.3, -0.25) is 4.79 Å². The molecule has 0 aromatic heterocycles. The summed E-state index contributed by atoms with van der Waals surface area (Å²) in [6.07, 6.45) is 0. The highest BCUT2D eigenvalue weighted by Crippen LogP contribution is 2.27. The van der Waals surface area contributed by atoms with Crippen LogP contribution < -0.4 is 4.90 Å². The van der Waals surface area contributed by atoms with Gasteiger partial charge in [-0.2, -0.15) is 5.26 Å². The Morgan fingerprint density at radius 1 is 1.47 bits per heavy atom. The molecule has 0 aliphatic rings. The van der Waals surface area contributed by atoms with E-state index < -0.39 is 5.92 Å². The number of phenols is 1. The third-order valence-corrected chi connectivity index (χ3v) is 3.14. The number of amides is 1. The van der Waals surface area contributed by atoms with Crippen molar-refractivity contribution in [3.63, 3.8) is 0 Å². The summed E-state index contributed by atoms with van der Waals surface area (Å²) in [5, 5.41) is 18.7. The largest absolute Gasteiger partial charge is 0.508 e. The molecule has 0 saturated carbocycles. The SMILES string of the molecule is CCN(C(=O)C(C#N)C(C)C)c1cc(O)ccc1C. The first-order valence-corrected chi connectivity index (χ1v) is 6.43. The molecule has 1 aromatic rings. The van der Waals surface area contributed by atoms with Crippen molar-refractivity contribution in [2.75, 3.05) is 11.4 Å². The van der Waals surface area contributed by atoms with Gasteiger partial charge in [-0.15, -0.1) is 0 Å². The number of nitriles is 1. The van der Waals surface area contributed by atoms with Crippen LogP contribution in [0.3, 0.4) is 0 Å². The molecule has 1 atom stereocenters. The highest BCUT2D eigenvalue weighted by Gasteiger charge is 2.27. The fourth-order valence-electron chi connectivity index (χ4n) is 1.99. The molecule has 1 amide bonds. The van der Waals surface area contributed by atoms with Gasteiger partial charge in [-0.1, -0.05) is 19.9 Å². The molecule has 102 valence electrons. The van der Waals surface area contributed by atoms with Gasteiger partial charge >= 0.3 is 0 Å². The van der Waals surface area contributed by atoms with Gasteiger partial charge < -0.3 is 10.0 Å². The molecule has 0 aliphatic heterocycles. The molecule has 0 aliphatic carbocycles. The summed E-state index contributed by atoms with van der Waals surface area (Å²) < 4.78 is 0. The number of anilines is 1. The van der Waals surface area contributed by atoms with Crippen LogP contribution in [0.5, 0.6) is 5.75 Å². The lowest BCUT2D eigenvalue weighted by Crippen LogP contribution is -2.38. The molecule has 0 radical (unpaired) electrons. The predicted molar refractivity (Wildman–Crippen MR) is 74.8 cm³/mol. The van der Waals surface area contributed by atoms with Crippen molar-refractivity contribution in [3.05, 3.63) is 23.8 Å². The average molecular weight is 260 g/mol. The Morgan fingerprint density at radius 2 is 2.11 bits per heavy atom. The fraction of sp³-hybridized carbons (Fsp3) is 0.467. The summed E-state index contributed by atoms with van der Waals surface area (Å²) in [6, 6.07) is 6.97. The van der Waals surface area contributed by atoms with Crippen LogP contribution in [0.2, 0.25) is 0 Å². The molecule has 0 heterocycles. The third kappa shape index (κ3) is 3.25. The third-order valence-electron chi connectivity index (χ3n) is 3.14. The van der Waals surface area contributed by atoms with Crippen molar-refractivity contribution < 1.29 is 9.90 Å². The van der Waals surface area contributed by atoms with Gasteiger partial charge in [0.1, 0.15) is 11.7 Å². The maximum atomic E-state index is 12.4. The molecule has 0 spiro atoms. The van der Waals surface area contributed by atoms with Crippen molar-refractivity contribution in [1.82, 2.24) is 0 Å². The van der Waals surface area contributed by atoms with E-state index in [2.05, 4.69) is 6.07 Å². The minimum atomic E-state index is -0.665. The minimum absolute atomic E-state index is 0.0378. The Morgan fingerprint density at radius 3 is 2.58 bits per heavy atom. The van der Waals surface area contributed by atoms with Gasteiger partial charge in [0.2, 0.25) is 5.91 Å². The fourth-order valence-corrected chi connectivity index (χ4v) is 1.99. The first kappa shape index (κ1) is 15.0. The maximum absolute atomic E-state index is 12.4. The Kier molecular flexibility index (Phi) is 4.94. The molecule has 0 bridgehead atoms. The molecule has 1 N–H and O–H groups in total. The monoisotopic (exact) mass is 260 g/mol. The zero-order chi connectivity index (χ0) is 14.6. The van der Waals surface area contributed by atoms with E-state index in [1.54, 1.807) is 23.1 Å². The van der Waals surface area contributed by atoms with Crippen molar-refractivity contribution in [2.45, 2.75) is 27.7 Å². The van der Waals surface area contributed by atoms with E-state index in [4.69, 9.17) is 5.26 Å². The van der Waals surface area contributed by atoms with E-state index in [1.807, 2.05) is 27.7 Å². The zero-order valence-electron chi connectivity index (χ0n) is 11.8. The summed E-state index contributed by atoms with van der Waals surface area (Å²) in [5.74, 6) is -0.801. The van der Waals surface area contributed by atoms with Crippen LogP contribution in [-0.4, -0.2) is 17.6 Å². The summed E-state index contributed by atoms with van der Waals surface area (Å²) in [5.41, 5.74) is 1.56. The van der Waals surface area contributed by atoms with E-state index in [0.29, 0.717) is 12.2 Å². The summed E-state index contributed by atoms with van der Waals surface area (Å²) >= 11 is 0. The molecule has 1 rings (SSSR count). The van der Waals surface area contributed by atoms with Gasteiger partial charge in [0.15, 0.2) is 0 Å². The predicted octanol–water partition coefficient (Wildman–Crippen LogP) is 2.85. The number of nitrogens with zero attached hydrogens (tertiary/aromatic N) is 2. The van der Waals surface area contributed by atoms with Crippen molar-refractivity contribution in [2.24, 2.45) is 11.8 Å². The second kappa shape index (κ2) is 6.24. The molecule has 1 aromatic carbocycles. The van der Waals surface area contributed by atoms with Crippen LogP contribution >= 0.6 is 0 Å². The number of phenolic OH excluding ortho intramolecular Hbond substituents is 1. The lowest BCUT2D eigenvalue weighted by molar-refractivity contribution is -0.121. The van der Waals surface area contributed by atoms with Crippen LogP contribution in [0.15, 0.2) is 18.2 Å². The lowest BCUT2D eigenvalue weighted by Gasteiger charge is -2.26. The Hall–Kier alpha value is -2.02. The van der Waals surface area contributed by atoms with Gasteiger partial charge in [-0.25, -0.2) is 0 Å². The second-order valence-electron chi connectivity index (χ2n) is 4.90. The minimum Gasteiger partial charge on any atom is -0.508 e. The van der Waals surface area contributed by atoms with E-state index in [0.717, 1.165) is 5.56 Å². The molecule has 4 heteroatoms. The van der Waals surface area contributed by atoms with Gasteiger partial charge in [0.05, 0.1) is 11.8 Å².